The lowest BCUT2D eigenvalue weighted by atomic mass is 10.3. The highest BCUT2D eigenvalue weighted by molar-refractivity contribution is 9.10. The molecule has 0 fully saturated rings. The number of likely N-dealkylation sites (N-methyl/N-ethyl adjacent to an activating group) is 1. The number of carbonyl (C=O) groups is 1. The maximum atomic E-state index is 11.2. The number of nitrogen functional groups attached to an aromatic ring is 1. The summed E-state index contributed by atoms with van der Waals surface area (Å²) in [5, 5.41) is 2.51. The van der Waals surface area contributed by atoms with Gasteiger partial charge in [-0.1, -0.05) is 15.9 Å². The third-order valence-corrected chi connectivity index (χ3v) is 2.28. The van der Waals surface area contributed by atoms with Gasteiger partial charge in [0.2, 0.25) is 0 Å². The van der Waals surface area contributed by atoms with Gasteiger partial charge in [-0.25, -0.2) is 0 Å². The maximum absolute atomic E-state index is 11.2. The second-order valence-corrected chi connectivity index (χ2v) is 4.01. The van der Waals surface area contributed by atoms with Gasteiger partial charge in [-0.3, -0.25) is 4.79 Å². The van der Waals surface area contributed by atoms with E-state index in [2.05, 4.69) is 21.2 Å². The van der Waals surface area contributed by atoms with Crippen molar-refractivity contribution in [3.8, 4) is 5.75 Å². The van der Waals surface area contributed by atoms with Crippen LogP contribution in [0.4, 0.5) is 5.69 Å². The Morgan fingerprint density at radius 1 is 1.53 bits per heavy atom. The number of carbonyl (C=O) groups excluding carboxylic acids is 1. The van der Waals surface area contributed by atoms with Gasteiger partial charge in [0.15, 0.2) is 6.10 Å². The second kappa shape index (κ2) is 5.02. The summed E-state index contributed by atoms with van der Waals surface area (Å²) < 4.78 is 6.23. The van der Waals surface area contributed by atoms with Crippen molar-refractivity contribution in [1.82, 2.24) is 5.32 Å². The average Bonchev–Trinajstić information content (AvgIpc) is 2.14. The Bertz CT molecular complexity index is 348. The fraction of sp³-hybridized carbons (Fsp3) is 0.300. The number of anilines is 1. The van der Waals surface area contributed by atoms with Crippen molar-refractivity contribution in [3.63, 3.8) is 0 Å². The van der Waals surface area contributed by atoms with Crippen LogP contribution in [0.5, 0.6) is 5.75 Å². The molecule has 0 spiro atoms. The highest BCUT2D eigenvalue weighted by Gasteiger charge is 2.12. The Labute approximate surface area is 96.9 Å². The summed E-state index contributed by atoms with van der Waals surface area (Å²) in [6, 6.07) is 5.19. The zero-order chi connectivity index (χ0) is 11.4. The molecule has 1 aromatic rings. The van der Waals surface area contributed by atoms with Crippen LogP contribution in [0.2, 0.25) is 0 Å². The lowest BCUT2D eigenvalue weighted by Crippen LogP contribution is -2.33. The van der Waals surface area contributed by atoms with E-state index in [0.717, 1.165) is 4.47 Å². The van der Waals surface area contributed by atoms with Gasteiger partial charge >= 0.3 is 0 Å². The molecule has 0 heterocycles. The number of nitrogens with two attached hydrogens (primary N) is 1. The predicted octanol–water partition coefficient (Wildman–Crippen LogP) is 1.54. The number of amides is 1. The molecule has 3 N–H and O–H groups in total. The van der Waals surface area contributed by atoms with Crippen LogP contribution < -0.4 is 15.8 Å². The van der Waals surface area contributed by atoms with E-state index in [1.165, 1.54) is 0 Å². The monoisotopic (exact) mass is 272 g/mol. The first-order chi connectivity index (χ1) is 7.02. The number of hydrogen-bond donors (Lipinski definition) is 2. The van der Waals surface area contributed by atoms with Crippen molar-refractivity contribution in [2.75, 3.05) is 12.8 Å². The minimum absolute atomic E-state index is 0.173. The third-order valence-electron chi connectivity index (χ3n) is 1.82. The van der Waals surface area contributed by atoms with E-state index in [-0.39, 0.29) is 5.91 Å². The molecule has 82 valence electrons. The number of ether oxygens (including phenoxy) is 1. The summed E-state index contributed by atoms with van der Waals surface area (Å²) in [4.78, 5) is 11.2. The molecular formula is C10H13BrN2O2. The largest absolute Gasteiger partial charge is 0.481 e. The Balaban J connectivity index is 2.76. The number of hydrogen-bond acceptors (Lipinski definition) is 3. The standard InChI is InChI=1S/C10H13BrN2O2/c1-6(10(14)13-2)15-9-4-7(11)3-8(12)5-9/h3-6H,12H2,1-2H3,(H,13,14). The molecule has 0 aliphatic heterocycles. The topological polar surface area (TPSA) is 64.3 Å². The lowest BCUT2D eigenvalue weighted by Gasteiger charge is -2.13. The first-order valence-corrected chi connectivity index (χ1v) is 5.26. The van der Waals surface area contributed by atoms with Crippen LogP contribution in [0, 0.1) is 0 Å². The van der Waals surface area contributed by atoms with E-state index in [1.807, 2.05) is 0 Å². The molecule has 1 unspecified atom stereocenters. The number of halogens is 1. The quantitative estimate of drug-likeness (QED) is 0.821. The van der Waals surface area contributed by atoms with Crippen molar-refractivity contribution >= 4 is 27.5 Å². The summed E-state index contributed by atoms with van der Waals surface area (Å²) in [7, 11) is 1.57. The molecule has 5 heteroatoms. The molecule has 1 atom stereocenters. The molecule has 0 aromatic heterocycles. The Morgan fingerprint density at radius 3 is 2.73 bits per heavy atom. The van der Waals surface area contributed by atoms with Gasteiger partial charge in [-0.05, 0) is 19.1 Å². The van der Waals surface area contributed by atoms with Crippen LogP contribution in [0.1, 0.15) is 6.92 Å². The van der Waals surface area contributed by atoms with E-state index >= 15 is 0 Å². The molecule has 0 saturated carbocycles. The molecule has 0 saturated heterocycles. The first-order valence-electron chi connectivity index (χ1n) is 4.47. The summed E-state index contributed by atoms with van der Waals surface area (Å²) in [6.45, 7) is 1.68. The van der Waals surface area contributed by atoms with Gasteiger partial charge in [0.1, 0.15) is 5.75 Å². The minimum atomic E-state index is -0.538. The van der Waals surface area contributed by atoms with Crippen LogP contribution >= 0.6 is 15.9 Å². The van der Waals surface area contributed by atoms with Gasteiger partial charge in [-0.2, -0.15) is 0 Å². The average molecular weight is 273 g/mol. The smallest absolute Gasteiger partial charge is 0.260 e. The van der Waals surface area contributed by atoms with E-state index in [0.29, 0.717) is 11.4 Å². The minimum Gasteiger partial charge on any atom is -0.481 e. The zero-order valence-electron chi connectivity index (χ0n) is 8.58. The van der Waals surface area contributed by atoms with Crippen LogP contribution in [-0.4, -0.2) is 19.1 Å². The van der Waals surface area contributed by atoms with Gasteiger partial charge in [-0.15, -0.1) is 0 Å². The Morgan fingerprint density at radius 2 is 2.20 bits per heavy atom. The van der Waals surface area contributed by atoms with Crippen LogP contribution in [0.25, 0.3) is 0 Å². The molecule has 1 rings (SSSR count). The fourth-order valence-corrected chi connectivity index (χ4v) is 1.60. The summed E-state index contributed by atoms with van der Waals surface area (Å²) >= 11 is 3.30. The van der Waals surface area contributed by atoms with E-state index in [1.54, 1.807) is 32.2 Å². The van der Waals surface area contributed by atoms with E-state index in [9.17, 15) is 4.79 Å². The van der Waals surface area contributed by atoms with Gasteiger partial charge in [0.25, 0.3) is 5.91 Å². The van der Waals surface area contributed by atoms with Crippen molar-refractivity contribution in [3.05, 3.63) is 22.7 Å². The van der Waals surface area contributed by atoms with Gasteiger partial charge < -0.3 is 15.8 Å². The molecular weight excluding hydrogens is 260 g/mol. The van der Waals surface area contributed by atoms with Gasteiger partial charge in [0, 0.05) is 23.3 Å². The fourth-order valence-electron chi connectivity index (χ4n) is 1.11. The first kappa shape index (κ1) is 11.8. The van der Waals surface area contributed by atoms with E-state index in [4.69, 9.17) is 10.5 Å². The molecule has 1 amide bonds. The highest BCUT2D eigenvalue weighted by Crippen LogP contribution is 2.23. The molecule has 1 aromatic carbocycles. The predicted molar refractivity (Wildman–Crippen MR) is 62.7 cm³/mol. The van der Waals surface area contributed by atoms with Crippen LogP contribution in [-0.2, 0) is 4.79 Å². The lowest BCUT2D eigenvalue weighted by molar-refractivity contribution is -0.126. The normalized spacial score (nSPS) is 11.9. The number of benzene rings is 1. The van der Waals surface area contributed by atoms with Crippen molar-refractivity contribution in [1.29, 1.82) is 0 Å². The van der Waals surface area contributed by atoms with Crippen LogP contribution in [0.15, 0.2) is 22.7 Å². The molecule has 4 nitrogen and oxygen atoms in total. The van der Waals surface area contributed by atoms with Crippen molar-refractivity contribution < 1.29 is 9.53 Å². The number of nitrogens with one attached hydrogen (secondary N) is 1. The zero-order valence-corrected chi connectivity index (χ0v) is 10.2. The molecule has 0 aliphatic carbocycles. The summed E-state index contributed by atoms with van der Waals surface area (Å²) in [5.74, 6) is 0.395. The Hall–Kier alpha value is -1.23. The van der Waals surface area contributed by atoms with E-state index < -0.39 is 6.10 Å². The number of rotatable bonds is 3. The van der Waals surface area contributed by atoms with Crippen LogP contribution in [0.3, 0.4) is 0 Å². The molecule has 15 heavy (non-hydrogen) atoms. The van der Waals surface area contributed by atoms with Crippen molar-refractivity contribution in [2.24, 2.45) is 0 Å². The summed E-state index contributed by atoms with van der Waals surface area (Å²) in [6.07, 6.45) is -0.538. The molecule has 0 bridgehead atoms. The molecule has 0 radical (unpaired) electrons. The maximum Gasteiger partial charge on any atom is 0.260 e. The Kier molecular flexibility index (Phi) is 3.96. The van der Waals surface area contributed by atoms with Gasteiger partial charge in [0.05, 0.1) is 0 Å². The van der Waals surface area contributed by atoms with Crippen molar-refractivity contribution in [2.45, 2.75) is 13.0 Å². The highest BCUT2D eigenvalue weighted by atomic mass is 79.9. The molecule has 0 aliphatic rings. The third kappa shape index (κ3) is 3.43. The SMILES string of the molecule is CNC(=O)C(C)Oc1cc(N)cc(Br)c1. The summed E-state index contributed by atoms with van der Waals surface area (Å²) in [5.41, 5.74) is 6.22. The second-order valence-electron chi connectivity index (χ2n) is 3.09.